The van der Waals surface area contributed by atoms with Crippen LogP contribution in [0.2, 0.25) is 0 Å². The molecule has 0 aliphatic heterocycles. The number of rotatable bonds is 8. The molecule has 0 spiro atoms. The van der Waals surface area contributed by atoms with Crippen LogP contribution in [0.5, 0.6) is 0 Å². The molecular weight excluding hydrogens is 434 g/mol. The lowest BCUT2D eigenvalue weighted by atomic mass is 10.0. The van der Waals surface area contributed by atoms with Crippen LogP contribution in [0.3, 0.4) is 0 Å². The van der Waals surface area contributed by atoms with Crippen molar-refractivity contribution in [1.82, 2.24) is 9.97 Å². The summed E-state index contributed by atoms with van der Waals surface area (Å²) in [7, 11) is 0. The number of unbranched alkanes of at least 4 members (excludes halogenated alkanes) is 2. The summed E-state index contributed by atoms with van der Waals surface area (Å²) in [6, 6.07) is 15.5. The summed E-state index contributed by atoms with van der Waals surface area (Å²) in [5.41, 5.74) is 5.22. The minimum Gasteiger partial charge on any atom is -0.371 e. The highest BCUT2D eigenvalue weighted by Gasteiger charge is 2.17. The minimum absolute atomic E-state index is 0.0142. The van der Waals surface area contributed by atoms with Crippen molar-refractivity contribution in [2.75, 3.05) is 18.0 Å². The lowest BCUT2D eigenvalue weighted by Gasteiger charge is -2.27. The first kappa shape index (κ1) is 23.2. The molecule has 0 atom stereocenters. The molecule has 5 heteroatoms. The molecule has 5 aromatic rings. The summed E-state index contributed by atoms with van der Waals surface area (Å²) in [6.07, 6.45) is 5.29. The van der Waals surface area contributed by atoms with Crippen molar-refractivity contribution in [3.63, 3.8) is 0 Å². The number of nitrogens with zero attached hydrogens (tertiary/aromatic N) is 1. The van der Waals surface area contributed by atoms with E-state index in [1.807, 2.05) is 36.4 Å². The summed E-state index contributed by atoms with van der Waals surface area (Å²) in [6.45, 7) is 8.42. The molecule has 2 aromatic heterocycles. The summed E-state index contributed by atoms with van der Waals surface area (Å²) in [5.74, 6) is 0. The Morgan fingerprint density at radius 3 is 1.97 bits per heavy atom. The molecule has 2 heterocycles. The monoisotopic (exact) mass is 467 g/mol. The molecule has 0 aliphatic rings. The van der Waals surface area contributed by atoms with Crippen LogP contribution in [0, 0.1) is 0 Å². The molecule has 0 saturated carbocycles. The van der Waals surface area contributed by atoms with E-state index in [1.54, 1.807) is 0 Å². The maximum absolute atomic E-state index is 14.0. The number of hydrogen-bond acceptors (Lipinski definition) is 3. The standard InChI is InChI=1S/C30H33N3O2/c1-4-7-13-33(14-8-5-2)27-16-19(6-3)15-26-28(27)30(35)22-18-24-21(17-25(22)32-26)29(34)20-11-9-10-12-23(20)31-24/h9-12,15-18H,4-8,13-14H2,1-3H3,(H,31,34)(H,32,35). The first-order valence-electron chi connectivity index (χ1n) is 12.9. The van der Waals surface area contributed by atoms with Gasteiger partial charge in [-0.05, 0) is 61.2 Å². The van der Waals surface area contributed by atoms with E-state index in [2.05, 4.69) is 47.8 Å². The largest absolute Gasteiger partial charge is 0.371 e. The topological polar surface area (TPSA) is 69.0 Å². The van der Waals surface area contributed by atoms with Crippen molar-refractivity contribution < 1.29 is 0 Å². The Kier molecular flexibility index (Phi) is 6.33. The number of para-hydroxylation sites is 1. The van der Waals surface area contributed by atoms with Gasteiger partial charge in [0.1, 0.15) is 0 Å². The third kappa shape index (κ3) is 4.09. The van der Waals surface area contributed by atoms with Crippen molar-refractivity contribution in [2.24, 2.45) is 0 Å². The lowest BCUT2D eigenvalue weighted by molar-refractivity contribution is 0.679. The van der Waals surface area contributed by atoms with Crippen LogP contribution in [0.25, 0.3) is 43.6 Å². The van der Waals surface area contributed by atoms with Gasteiger partial charge in [0.2, 0.25) is 0 Å². The molecule has 3 aromatic carbocycles. The van der Waals surface area contributed by atoms with Crippen LogP contribution in [0.4, 0.5) is 5.69 Å². The Morgan fingerprint density at radius 2 is 1.31 bits per heavy atom. The Morgan fingerprint density at radius 1 is 0.686 bits per heavy atom. The van der Waals surface area contributed by atoms with E-state index in [0.717, 1.165) is 67.3 Å². The molecule has 180 valence electrons. The first-order chi connectivity index (χ1) is 17.0. The van der Waals surface area contributed by atoms with Crippen LogP contribution >= 0.6 is 0 Å². The van der Waals surface area contributed by atoms with Crippen molar-refractivity contribution >= 4 is 49.3 Å². The summed E-state index contributed by atoms with van der Waals surface area (Å²) in [4.78, 5) is 36.5. The Hall–Kier alpha value is -3.60. The maximum Gasteiger partial charge on any atom is 0.199 e. The average Bonchev–Trinajstić information content (AvgIpc) is 2.88. The zero-order valence-electron chi connectivity index (χ0n) is 20.8. The van der Waals surface area contributed by atoms with Crippen molar-refractivity contribution in [3.8, 4) is 0 Å². The smallest absolute Gasteiger partial charge is 0.199 e. The first-order valence-corrected chi connectivity index (χ1v) is 12.9. The van der Waals surface area contributed by atoms with Gasteiger partial charge in [-0.15, -0.1) is 0 Å². The number of anilines is 1. The Balaban J connectivity index is 1.83. The number of hydrogen-bond donors (Lipinski definition) is 2. The van der Waals surface area contributed by atoms with Crippen LogP contribution in [-0.2, 0) is 6.42 Å². The third-order valence-corrected chi connectivity index (χ3v) is 7.07. The molecule has 0 bridgehead atoms. The molecule has 5 nitrogen and oxygen atoms in total. The second-order valence-corrected chi connectivity index (χ2v) is 9.48. The van der Waals surface area contributed by atoms with Gasteiger partial charge in [-0.25, -0.2) is 0 Å². The highest BCUT2D eigenvalue weighted by atomic mass is 16.1. The fourth-order valence-electron chi connectivity index (χ4n) is 5.07. The van der Waals surface area contributed by atoms with E-state index in [1.165, 1.54) is 5.56 Å². The SMILES string of the molecule is CCCCN(CCCC)c1cc(CC)cc2[nH]c3cc4c(=O)c5ccccc5[nH]c4cc3c(=O)c12. The van der Waals surface area contributed by atoms with E-state index in [-0.39, 0.29) is 10.9 Å². The zero-order valence-corrected chi connectivity index (χ0v) is 20.8. The molecule has 5 rings (SSSR count). The number of aromatic nitrogens is 2. The number of pyridine rings is 2. The molecule has 0 saturated heterocycles. The van der Waals surface area contributed by atoms with Crippen LogP contribution < -0.4 is 15.8 Å². The molecular formula is C30H33N3O2. The Bertz CT molecular complexity index is 1650. The Labute approximate surface area is 204 Å². The second kappa shape index (κ2) is 9.57. The van der Waals surface area contributed by atoms with Crippen LogP contribution in [0.1, 0.15) is 52.0 Å². The summed E-state index contributed by atoms with van der Waals surface area (Å²) < 4.78 is 0. The van der Waals surface area contributed by atoms with E-state index >= 15 is 0 Å². The van der Waals surface area contributed by atoms with Crippen LogP contribution in [-0.4, -0.2) is 23.1 Å². The van der Waals surface area contributed by atoms with Gasteiger partial charge in [-0.2, -0.15) is 0 Å². The van der Waals surface area contributed by atoms with Gasteiger partial charge in [0.15, 0.2) is 10.9 Å². The lowest BCUT2D eigenvalue weighted by Crippen LogP contribution is -2.27. The van der Waals surface area contributed by atoms with Gasteiger partial charge in [0.25, 0.3) is 0 Å². The zero-order chi connectivity index (χ0) is 24.5. The normalized spacial score (nSPS) is 11.7. The van der Waals surface area contributed by atoms with Gasteiger partial charge in [-0.3, -0.25) is 9.59 Å². The second-order valence-electron chi connectivity index (χ2n) is 9.48. The predicted octanol–water partition coefficient (Wildman–Crippen LogP) is 6.65. The quantitative estimate of drug-likeness (QED) is 0.251. The van der Waals surface area contributed by atoms with Crippen LogP contribution in [0.15, 0.2) is 58.1 Å². The highest BCUT2D eigenvalue weighted by Crippen LogP contribution is 2.29. The van der Waals surface area contributed by atoms with Gasteiger partial charge in [-0.1, -0.05) is 45.7 Å². The molecule has 0 fully saturated rings. The number of H-pyrrole nitrogens is 2. The average molecular weight is 468 g/mol. The third-order valence-electron chi connectivity index (χ3n) is 7.07. The van der Waals surface area contributed by atoms with Gasteiger partial charge >= 0.3 is 0 Å². The van der Waals surface area contributed by atoms with E-state index in [9.17, 15) is 9.59 Å². The molecule has 0 amide bonds. The fraction of sp³-hybridized carbons (Fsp3) is 0.333. The number of aryl methyl sites for hydroxylation is 1. The number of aromatic amines is 2. The summed E-state index contributed by atoms with van der Waals surface area (Å²) >= 11 is 0. The predicted molar refractivity (Wildman–Crippen MR) is 149 cm³/mol. The number of fused-ring (bicyclic) bond motifs is 4. The number of benzene rings is 3. The van der Waals surface area contributed by atoms with E-state index < -0.39 is 0 Å². The molecule has 0 radical (unpaired) electrons. The minimum atomic E-state index is -0.0227. The maximum atomic E-state index is 14.0. The van der Waals surface area contributed by atoms with Gasteiger partial charge in [0.05, 0.1) is 27.6 Å². The number of nitrogens with one attached hydrogen (secondary N) is 2. The molecule has 2 N–H and O–H groups in total. The molecule has 0 unspecified atom stereocenters. The van der Waals surface area contributed by atoms with Crippen molar-refractivity contribution in [1.29, 1.82) is 0 Å². The molecule has 35 heavy (non-hydrogen) atoms. The van der Waals surface area contributed by atoms with Gasteiger partial charge in [0, 0.05) is 34.8 Å². The molecule has 0 aliphatic carbocycles. The summed E-state index contributed by atoms with van der Waals surface area (Å²) in [5, 5.41) is 2.59. The van der Waals surface area contributed by atoms with E-state index in [4.69, 9.17) is 0 Å². The van der Waals surface area contributed by atoms with E-state index in [0.29, 0.717) is 27.2 Å². The van der Waals surface area contributed by atoms with Crippen molar-refractivity contribution in [2.45, 2.75) is 52.9 Å². The fourth-order valence-corrected chi connectivity index (χ4v) is 5.07. The highest BCUT2D eigenvalue weighted by molar-refractivity contribution is 6.05. The van der Waals surface area contributed by atoms with Gasteiger partial charge < -0.3 is 14.9 Å². The van der Waals surface area contributed by atoms with Crippen molar-refractivity contribution in [3.05, 3.63) is 74.5 Å².